The van der Waals surface area contributed by atoms with Crippen LogP contribution < -0.4 is 4.90 Å². The van der Waals surface area contributed by atoms with Crippen molar-refractivity contribution in [2.45, 2.75) is 26.2 Å². The lowest BCUT2D eigenvalue weighted by Gasteiger charge is -2.15. The van der Waals surface area contributed by atoms with Crippen LogP contribution in [0.4, 0.5) is 5.69 Å². The second kappa shape index (κ2) is 5.24. The average Bonchev–Trinajstić information content (AvgIpc) is 2.83. The van der Waals surface area contributed by atoms with Gasteiger partial charge >= 0.3 is 5.97 Å². The maximum absolute atomic E-state index is 11.4. The maximum Gasteiger partial charge on any atom is 0.354 e. The summed E-state index contributed by atoms with van der Waals surface area (Å²) in [5.41, 5.74) is 2.54. The van der Waals surface area contributed by atoms with Crippen molar-refractivity contribution in [3.05, 3.63) is 41.7 Å². The lowest BCUT2D eigenvalue weighted by molar-refractivity contribution is 0.0687. The number of carboxylic acids is 1. The molecule has 112 valence electrons. The Hall–Kier alpha value is -2.30. The van der Waals surface area contributed by atoms with Gasteiger partial charge in [-0.05, 0) is 30.3 Å². The topological polar surface area (TPSA) is 58.4 Å². The van der Waals surface area contributed by atoms with Gasteiger partial charge in [-0.1, -0.05) is 20.8 Å². The summed E-state index contributed by atoms with van der Waals surface area (Å²) in [5.74, 6) is -0.977. The standard InChI is InChI=1S/C16H21N3O2/c1-16(2,3)14-10-13(15(20)21)19(17-14)12-8-6-11(7-9-12)18(4)5/h6-10H,1-5H3,(H,20,21). The summed E-state index contributed by atoms with van der Waals surface area (Å²) in [5, 5.41) is 13.8. The number of rotatable bonds is 3. The van der Waals surface area contributed by atoms with Crippen molar-refractivity contribution in [1.29, 1.82) is 0 Å². The van der Waals surface area contributed by atoms with Crippen LogP contribution in [0.5, 0.6) is 0 Å². The highest BCUT2D eigenvalue weighted by Crippen LogP contribution is 2.24. The van der Waals surface area contributed by atoms with E-state index in [1.54, 1.807) is 6.07 Å². The van der Waals surface area contributed by atoms with Crippen LogP contribution in [-0.2, 0) is 5.41 Å². The van der Waals surface area contributed by atoms with Crippen molar-refractivity contribution >= 4 is 11.7 Å². The zero-order valence-corrected chi connectivity index (χ0v) is 13.1. The van der Waals surface area contributed by atoms with E-state index in [1.165, 1.54) is 4.68 Å². The molecule has 0 fully saturated rings. The minimum absolute atomic E-state index is 0.178. The fourth-order valence-electron chi connectivity index (χ4n) is 1.99. The smallest absolute Gasteiger partial charge is 0.354 e. The van der Waals surface area contributed by atoms with E-state index in [-0.39, 0.29) is 11.1 Å². The number of hydrogen-bond acceptors (Lipinski definition) is 3. The highest BCUT2D eigenvalue weighted by Gasteiger charge is 2.23. The molecule has 1 heterocycles. The molecule has 21 heavy (non-hydrogen) atoms. The SMILES string of the molecule is CN(C)c1ccc(-n2nc(C(C)(C)C)cc2C(=O)O)cc1. The van der Waals surface area contributed by atoms with Crippen LogP contribution >= 0.6 is 0 Å². The van der Waals surface area contributed by atoms with E-state index in [1.807, 2.05) is 64.0 Å². The Morgan fingerprint density at radius 3 is 2.19 bits per heavy atom. The molecule has 1 aromatic heterocycles. The fourth-order valence-corrected chi connectivity index (χ4v) is 1.99. The first kappa shape index (κ1) is 15.1. The molecule has 2 rings (SSSR count). The molecule has 5 nitrogen and oxygen atoms in total. The van der Waals surface area contributed by atoms with Crippen molar-refractivity contribution in [3.63, 3.8) is 0 Å². The molecule has 0 saturated heterocycles. The Morgan fingerprint density at radius 2 is 1.76 bits per heavy atom. The van der Waals surface area contributed by atoms with E-state index in [9.17, 15) is 9.90 Å². The number of aromatic carboxylic acids is 1. The van der Waals surface area contributed by atoms with E-state index in [4.69, 9.17) is 0 Å². The first-order valence-corrected chi connectivity index (χ1v) is 6.82. The Kier molecular flexibility index (Phi) is 3.77. The summed E-state index contributed by atoms with van der Waals surface area (Å²) < 4.78 is 1.49. The molecule has 0 aliphatic carbocycles. The number of carbonyl (C=O) groups is 1. The molecule has 0 aliphatic heterocycles. The number of hydrogen-bond donors (Lipinski definition) is 1. The lowest BCUT2D eigenvalue weighted by atomic mass is 9.92. The first-order chi connectivity index (χ1) is 9.70. The third-order valence-electron chi connectivity index (χ3n) is 3.31. The highest BCUT2D eigenvalue weighted by molar-refractivity contribution is 5.86. The van der Waals surface area contributed by atoms with E-state index in [0.29, 0.717) is 0 Å². The van der Waals surface area contributed by atoms with E-state index in [2.05, 4.69) is 5.10 Å². The minimum atomic E-state index is -0.977. The maximum atomic E-state index is 11.4. The van der Waals surface area contributed by atoms with Gasteiger partial charge in [-0.25, -0.2) is 9.48 Å². The summed E-state index contributed by atoms with van der Waals surface area (Å²) in [4.78, 5) is 13.4. The van der Waals surface area contributed by atoms with Gasteiger partial charge in [0.05, 0.1) is 11.4 Å². The summed E-state index contributed by atoms with van der Waals surface area (Å²) in [7, 11) is 3.92. The molecular weight excluding hydrogens is 266 g/mol. The zero-order valence-electron chi connectivity index (χ0n) is 13.1. The molecule has 2 aromatic rings. The molecule has 0 aliphatic rings. The molecule has 1 aromatic carbocycles. The van der Waals surface area contributed by atoms with Gasteiger partial charge in [0.25, 0.3) is 0 Å². The molecule has 0 amide bonds. The summed E-state index contributed by atoms with van der Waals surface area (Å²) in [6.45, 7) is 6.04. The molecule has 0 atom stereocenters. The van der Waals surface area contributed by atoms with Gasteiger partial charge in [0.1, 0.15) is 0 Å². The van der Waals surface area contributed by atoms with Crippen molar-refractivity contribution in [1.82, 2.24) is 9.78 Å². The minimum Gasteiger partial charge on any atom is -0.477 e. The lowest BCUT2D eigenvalue weighted by Crippen LogP contribution is -2.13. The van der Waals surface area contributed by atoms with Gasteiger partial charge < -0.3 is 10.0 Å². The van der Waals surface area contributed by atoms with Gasteiger partial charge in [-0.3, -0.25) is 0 Å². The van der Waals surface area contributed by atoms with Crippen LogP contribution in [0, 0.1) is 0 Å². The molecule has 5 heteroatoms. The van der Waals surface area contributed by atoms with Crippen molar-refractivity contribution in [2.24, 2.45) is 0 Å². The van der Waals surface area contributed by atoms with Crippen LogP contribution in [0.25, 0.3) is 5.69 Å². The van der Waals surface area contributed by atoms with E-state index < -0.39 is 5.97 Å². The predicted octanol–water partition coefficient (Wildman–Crippen LogP) is 2.93. The molecule has 0 unspecified atom stereocenters. The number of carboxylic acid groups (broad SMARTS) is 1. The fraction of sp³-hybridized carbons (Fsp3) is 0.375. The monoisotopic (exact) mass is 287 g/mol. The van der Waals surface area contributed by atoms with Crippen molar-refractivity contribution in [3.8, 4) is 5.69 Å². The molecule has 0 saturated carbocycles. The number of aromatic nitrogens is 2. The molecule has 0 radical (unpaired) electrons. The van der Waals surface area contributed by atoms with E-state index in [0.717, 1.165) is 17.1 Å². The van der Waals surface area contributed by atoms with Gasteiger partial charge in [0.2, 0.25) is 0 Å². The van der Waals surface area contributed by atoms with Gasteiger partial charge in [-0.15, -0.1) is 0 Å². The Labute approximate surface area is 124 Å². The highest BCUT2D eigenvalue weighted by atomic mass is 16.4. The van der Waals surface area contributed by atoms with Crippen LogP contribution in [0.3, 0.4) is 0 Å². The van der Waals surface area contributed by atoms with Crippen LogP contribution in [-0.4, -0.2) is 35.0 Å². The molecule has 0 bridgehead atoms. The van der Waals surface area contributed by atoms with Crippen molar-refractivity contribution < 1.29 is 9.90 Å². The Balaban J connectivity index is 2.52. The number of anilines is 1. The molecule has 1 N–H and O–H groups in total. The predicted molar refractivity (Wildman–Crippen MR) is 83.6 cm³/mol. The first-order valence-electron chi connectivity index (χ1n) is 6.82. The summed E-state index contributed by atoms with van der Waals surface area (Å²) in [6, 6.07) is 9.28. The third-order valence-corrected chi connectivity index (χ3v) is 3.31. The zero-order chi connectivity index (χ0) is 15.8. The van der Waals surface area contributed by atoms with Crippen LogP contribution in [0.15, 0.2) is 30.3 Å². The number of benzene rings is 1. The van der Waals surface area contributed by atoms with Crippen molar-refractivity contribution in [2.75, 3.05) is 19.0 Å². The largest absolute Gasteiger partial charge is 0.477 e. The van der Waals surface area contributed by atoms with Gasteiger partial charge in [-0.2, -0.15) is 5.10 Å². The number of nitrogens with zero attached hydrogens (tertiary/aromatic N) is 3. The Bertz CT molecular complexity index is 649. The second-order valence-electron chi connectivity index (χ2n) is 6.29. The second-order valence-corrected chi connectivity index (χ2v) is 6.29. The van der Waals surface area contributed by atoms with E-state index >= 15 is 0 Å². The Morgan fingerprint density at radius 1 is 1.19 bits per heavy atom. The summed E-state index contributed by atoms with van der Waals surface area (Å²) >= 11 is 0. The molecule has 0 spiro atoms. The van der Waals surface area contributed by atoms with Crippen LogP contribution in [0.1, 0.15) is 37.0 Å². The normalized spacial score (nSPS) is 11.5. The third kappa shape index (κ3) is 3.07. The summed E-state index contributed by atoms with van der Waals surface area (Å²) in [6.07, 6.45) is 0. The van der Waals surface area contributed by atoms with Gasteiger partial charge in [0.15, 0.2) is 5.69 Å². The average molecular weight is 287 g/mol. The van der Waals surface area contributed by atoms with Crippen LogP contribution in [0.2, 0.25) is 0 Å². The molecular formula is C16H21N3O2. The van der Waals surface area contributed by atoms with Gasteiger partial charge in [0, 0.05) is 25.2 Å². The quantitative estimate of drug-likeness (QED) is 0.943.